The van der Waals surface area contributed by atoms with Gasteiger partial charge in [0.25, 0.3) is 0 Å². The fourth-order valence-electron chi connectivity index (χ4n) is 1.85. The molecule has 0 fully saturated rings. The van der Waals surface area contributed by atoms with Crippen LogP contribution >= 0.6 is 0 Å². The minimum Gasteiger partial charge on any atom is -0.368 e. The maximum atomic E-state index is 12.0. The molecule has 0 saturated carbocycles. The Bertz CT molecular complexity index is 448. The number of nitrogens with two attached hydrogens (primary N) is 2. The molecule has 0 unspecified atom stereocenters. The van der Waals surface area contributed by atoms with E-state index in [1.54, 1.807) is 0 Å². The van der Waals surface area contributed by atoms with Crippen LogP contribution in [0, 0.1) is 5.92 Å². The second kappa shape index (κ2) is 7.65. The molecule has 5 nitrogen and oxygen atoms in total. The predicted octanol–water partition coefficient (Wildman–Crippen LogP) is 0.573. The first-order valence-electron chi connectivity index (χ1n) is 6.84. The molecule has 110 valence electrons. The third kappa shape index (κ3) is 4.66. The lowest BCUT2D eigenvalue weighted by molar-refractivity contribution is -0.128. The van der Waals surface area contributed by atoms with Crippen molar-refractivity contribution in [1.29, 1.82) is 0 Å². The van der Waals surface area contributed by atoms with Crippen LogP contribution in [-0.4, -0.2) is 23.9 Å². The molecule has 5 N–H and O–H groups in total. The Kier molecular flexibility index (Phi) is 6.18. The van der Waals surface area contributed by atoms with Crippen molar-refractivity contribution in [3.8, 4) is 0 Å². The second-order valence-corrected chi connectivity index (χ2v) is 5.06. The summed E-state index contributed by atoms with van der Waals surface area (Å²) in [5.41, 5.74) is 12.1. The van der Waals surface area contributed by atoms with Gasteiger partial charge in [0, 0.05) is 6.42 Å². The molecule has 0 aliphatic carbocycles. The highest BCUT2D eigenvalue weighted by atomic mass is 16.2. The summed E-state index contributed by atoms with van der Waals surface area (Å²) >= 11 is 0. The molecule has 0 saturated heterocycles. The number of carbonyl (C=O) groups excluding carboxylic acids is 2. The van der Waals surface area contributed by atoms with E-state index in [-0.39, 0.29) is 11.8 Å². The fourth-order valence-corrected chi connectivity index (χ4v) is 1.85. The average Bonchev–Trinajstić information content (AvgIpc) is 2.45. The summed E-state index contributed by atoms with van der Waals surface area (Å²) < 4.78 is 0. The summed E-state index contributed by atoms with van der Waals surface area (Å²) in [6.07, 6.45) is 1.17. The number of amides is 2. The van der Waals surface area contributed by atoms with Gasteiger partial charge in [-0.25, -0.2) is 0 Å². The Balaban J connectivity index is 2.68. The van der Waals surface area contributed by atoms with Crippen LogP contribution in [0.25, 0.3) is 0 Å². The van der Waals surface area contributed by atoms with Gasteiger partial charge in [-0.05, 0) is 11.5 Å². The third-order valence-corrected chi connectivity index (χ3v) is 3.50. The SMILES string of the molecule is CC[C@@H](C)[C@H](N)C(=O)N[C@@H](Cc1ccccc1)C(N)=O. The molecule has 1 rings (SSSR count). The minimum absolute atomic E-state index is 0.0558. The molecular formula is C15H23N3O2. The van der Waals surface area contributed by atoms with E-state index < -0.39 is 18.0 Å². The van der Waals surface area contributed by atoms with Gasteiger partial charge in [-0.3, -0.25) is 9.59 Å². The number of hydrogen-bond donors (Lipinski definition) is 3. The van der Waals surface area contributed by atoms with Gasteiger partial charge in [-0.15, -0.1) is 0 Å². The maximum absolute atomic E-state index is 12.0. The van der Waals surface area contributed by atoms with E-state index in [4.69, 9.17) is 11.5 Å². The van der Waals surface area contributed by atoms with E-state index in [1.807, 2.05) is 44.2 Å². The molecule has 2 amide bonds. The summed E-state index contributed by atoms with van der Waals surface area (Å²) in [7, 11) is 0. The summed E-state index contributed by atoms with van der Waals surface area (Å²) in [6, 6.07) is 8.05. The van der Waals surface area contributed by atoms with E-state index in [1.165, 1.54) is 0 Å². The van der Waals surface area contributed by atoms with Crippen molar-refractivity contribution in [3.63, 3.8) is 0 Å². The molecule has 0 aromatic heterocycles. The molecule has 0 radical (unpaired) electrons. The van der Waals surface area contributed by atoms with Crippen molar-refractivity contribution in [2.75, 3.05) is 0 Å². The van der Waals surface area contributed by atoms with E-state index >= 15 is 0 Å². The monoisotopic (exact) mass is 277 g/mol. The molecule has 0 aliphatic rings. The number of benzene rings is 1. The summed E-state index contributed by atoms with van der Waals surface area (Å²) in [4.78, 5) is 23.5. The lowest BCUT2D eigenvalue weighted by Crippen LogP contribution is -2.53. The first-order chi connectivity index (χ1) is 9.45. The van der Waals surface area contributed by atoms with Gasteiger partial charge < -0.3 is 16.8 Å². The Labute approximate surface area is 119 Å². The third-order valence-electron chi connectivity index (χ3n) is 3.50. The van der Waals surface area contributed by atoms with Crippen LogP contribution in [-0.2, 0) is 16.0 Å². The molecule has 0 aliphatic heterocycles. The normalized spacial score (nSPS) is 15.2. The van der Waals surface area contributed by atoms with Crippen molar-refractivity contribution in [2.24, 2.45) is 17.4 Å². The quantitative estimate of drug-likeness (QED) is 0.679. The van der Waals surface area contributed by atoms with Crippen LogP contribution in [0.2, 0.25) is 0 Å². The zero-order valence-electron chi connectivity index (χ0n) is 12.0. The lowest BCUT2D eigenvalue weighted by Gasteiger charge is -2.21. The Hall–Kier alpha value is -1.88. The Morgan fingerprint density at radius 1 is 1.25 bits per heavy atom. The Morgan fingerprint density at radius 3 is 2.35 bits per heavy atom. The second-order valence-electron chi connectivity index (χ2n) is 5.06. The van der Waals surface area contributed by atoms with Crippen molar-refractivity contribution >= 4 is 11.8 Å². The molecule has 0 bridgehead atoms. The van der Waals surface area contributed by atoms with Crippen LogP contribution in [0.15, 0.2) is 30.3 Å². The summed E-state index contributed by atoms with van der Waals surface area (Å²) in [5.74, 6) is -0.835. The molecule has 1 aromatic rings. The van der Waals surface area contributed by atoms with E-state index in [0.717, 1.165) is 12.0 Å². The number of hydrogen-bond acceptors (Lipinski definition) is 3. The van der Waals surface area contributed by atoms with Gasteiger partial charge in [0.1, 0.15) is 6.04 Å². The molecule has 0 heterocycles. The number of carbonyl (C=O) groups is 2. The van der Waals surface area contributed by atoms with Crippen molar-refractivity contribution in [1.82, 2.24) is 5.32 Å². The lowest BCUT2D eigenvalue weighted by atomic mass is 9.98. The predicted molar refractivity (Wildman–Crippen MR) is 78.7 cm³/mol. The zero-order valence-corrected chi connectivity index (χ0v) is 12.0. The summed E-state index contributed by atoms with van der Waals surface area (Å²) in [6.45, 7) is 3.87. The average molecular weight is 277 g/mol. The molecule has 5 heteroatoms. The van der Waals surface area contributed by atoms with E-state index in [2.05, 4.69) is 5.32 Å². The summed E-state index contributed by atoms with van der Waals surface area (Å²) in [5, 5.41) is 2.64. The maximum Gasteiger partial charge on any atom is 0.240 e. The molecule has 0 spiro atoms. The highest BCUT2D eigenvalue weighted by Gasteiger charge is 2.24. The standard InChI is InChI=1S/C15H23N3O2/c1-3-10(2)13(16)15(20)18-12(14(17)19)9-11-7-5-4-6-8-11/h4-8,10,12-13H,3,9,16H2,1-2H3,(H2,17,19)(H,18,20)/t10-,12+,13+/m1/s1. The number of nitrogens with one attached hydrogen (secondary N) is 1. The van der Waals surface area contributed by atoms with Crippen LogP contribution in [0.3, 0.4) is 0 Å². The number of primary amides is 1. The van der Waals surface area contributed by atoms with E-state index in [9.17, 15) is 9.59 Å². The first kappa shape index (κ1) is 16.2. The van der Waals surface area contributed by atoms with Gasteiger partial charge in [-0.2, -0.15) is 0 Å². The Morgan fingerprint density at radius 2 is 1.85 bits per heavy atom. The van der Waals surface area contributed by atoms with Gasteiger partial charge in [-0.1, -0.05) is 50.6 Å². The van der Waals surface area contributed by atoms with Crippen molar-refractivity contribution < 1.29 is 9.59 Å². The smallest absolute Gasteiger partial charge is 0.240 e. The van der Waals surface area contributed by atoms with Crippen LogP contribution in [0.1, 0.15) is 25.8 Å². The van der Waals surface area contributed by atoms with Crippen molar-refractivity contribution in [3.05, 3.63) is 35.9 Å². The largest absolute Gasteiger partial charge is 0.368 e. The highest BCUT2D eigenvalue weighted by Crippen LogP contribution is 2.07. The van der Waals surface area contributed by atoms with Gasteiger partial charge in [0.2, 0.25) is 11.8 Å². The van der Waals surface area contributed by atoms with Crippen LogP contribution < -0.4 is 16.8 Å². The molecule has 20 heavy (non-hydrogen) atoms. The topological polar surface area (TPSA) is 98.2 Å². The number of rotatable bonds is 7. The highest BCUT2D eigenvalue weighted by molar-refractivity contribution is 5.89. The van der Waals surface area contributed by atoms with Gasteiger partial charge in [0.05, 0.1) is 6.04 Å². The van der Waals surface area contributed by atoms with Crippen LogP contribution in [0.5, 0.6) is 0 Å². The van der Waals surface area contributed by atoms with E-state index in [0.29, 0.717) is 6.42 Å². The van der Waals surface area contributed by atoms with Gasteiger partial charge >= 0.3 is 0 Å². The molecule has 3 atom stereocenters. The molecule has 1 aromatic carbocycles. The van der Waals surface area contributed by atoms with Crippen LogP contribution in [0.4, 0.5) is 0 Å². The zero-order chi connectivity index (χ0) is 15.1. The molecular weight excluding hydrogens is 254 g/mol. The van der Waals surface area contributed by atoms with Crippen molar-refractivity contribution in [2.45, 2.75) is 38.8 Å². The fraction of sp³-hybridized carbons (Fsp3) is 0.467. The minimum atomic E-state index is -0.736. The first-order valence-corrected chi connectivity index (χ1v) is 6.84. The van der Waals surface area contributed by atoms with Gasteiger partial charge in [0.15, 0.2) is 0 Å².